The second-order valence-electron chi connectivity index (χ2n) is 5.71. The largest absolute Gasteiger partial charge is 0.168 e. The van der Waals surface area contributed by atoms with E-state index in [-0.39, 0.29) is 0 Å². The van der Waals surface area contributed by atoms with Gasteiger partial charge in [-0.3, -0.25) is 0 Å². The van der Waals surface area contributed by atoms with Crippen molar-refractivity contribution in [3.05, 3.63) is 0 Å². The van der Waals surface area contributed by atoms with E-state index in [1.165, 1.54) is 44.2 Å². The molecule has 0 aliphatic carbocycles. The van der Waals surface area contributed by atoms with Crippen molar-refractivity contribution in [1.29, 1.82) is 0 Å². The van der Waals surface area contributed by atoms with E-state index in [1.54, 1.807) is 0 Å². The van der Waals surface area contributed by atoms with Crippen LogP contribution in [-0.4, -0.2) is 14.8 Å². The third kappa shape index (κ3) is 15.0. The highest BCUT2D eigenvalue weighted by Gasteiger charge is 2.16. The van der Waals surface area contributed by atoms with Gasteiger partial charge in [0.05, 0.1) is 0 Å². The minimum atomic E-state index is -1.30. The lowest BCUT2D eigenvalue weighted by Gasteiger charge is -2.13. The molecule has 0 radical (unpaired) electrons. The van der Waals surface area contributed by atoms with Crippen molar-refractivity contribution in [3.63, 3.8) is 0 Å². The number of rotatable bonds is 8. The molecule has 0 aromatic carbocycles. The molecular weight excluding hydrogens is 259 g/mol. The normalized spacial score (nSPS) is 13.2. The van der Waals surface area contributed by atoms with Crippen molar-refractivity contribution in [2.75, 3.05) is 0 Å². The summed E-state index contributed by atoms with van der Waals surface area (Å²) in [6.45, 7) is 8.93. The van der Waals surface area contributed by atoms with Gasteiger partial charge in [-0.25, -0.2) is 0 Å². The van der Waals surface area contributed by atoms with E-state index in [1.807, 2.05) is 0 Å². The maximum Gasteiger partial charge on any atom is 0.150 e. The summed E-state index contributed by atoms with van der Waals surface area (Å²) in [6, 6.07) is 2.54. The molecule has 15 heavy (non-hydrogen) atoms. The van der Waals surface area contributed by atoms with Crippen LogP contribution in [0.4, 0.5) is 0 Å². The molecule has 0 amide bonds. The van der Waals surface area contributed by atoms with E-state index < -0.39 is 14.8 Å². The van der Waals surface area contributed by atoms with E-state index in [2.05, 4.69) is 26.2 Å². The summed E-state index contributed by atoms with van der Waals surface area (Å²) in [7, 11) is -2.60. The van der Waals surface area contributed by atoms with Gasteiger partial charge in [0.25, 0.3) is 0 Å². The molecule has 0 aliphatic heterocycles. The monoisotopic (exact) mass is 284 g/mol. The van der Waals surface area contributed by atoms with Gasteiger partial charge in [0.2, 0.25) is 0 Å². The van der Waals surface area contributed by atoms with Gasteiger partial charge in [-0.2, -0.15) is 22.2 Å². The molecule has 0 heterocycles. The molecule has 0 bridgehead atoms. The molecular formula is C11H26Cl2Si2. The molecule has 0 saturated heterocycles. The Morgan fingerprint density at radius 3 is 1.13 bits per heavy atom. The fraction of sp³-hybridized carbons (Fsp3) is 1.00. The second kappa shape index (κ2) is 7.36. The fourth-order valence-corrected chi connectivity index (χ4v) is 4.60. The molecule has 0 rings (SSSR count). The van der Waals surface area contributed by atoms with Crippen LogP contribution in [0.1, 0.15) is 32.1 Å². The van der Waals surface area contributed by atoms with Crippen LogP contribution in [-0.2, 0) is 0 Å². The minimum Gasteiger partial charge on any atom is -0.168 e. The maximum absolute atomic E-state index is 6.26. The Balaban J connectivity index is 3.20. The second-order valence-corrected chi connectivity index (χ2v) is 19.7. The third-order valence-corrected chi connectivity index (χ3v) is 6.76. The number of hydrogen-bond acceptors (Lipinski definition) is 0. The summed E-state index contributed by atoms with van der Waals surface area (Å²) < 4.78 is 0. The number of unbranched alkanes of at least 4 members (excludes halogenated alkanes) is 4. The highest BCUT2D eigenvalue weighted by atomic mass is 35.6. The van der Waals surface area contributed by atoms with Crippen LogP contribution >= 0.6 is 22.2 Å². The highest BCUT2D eigenvalue weighted by Crippen LogP contribution is 2.21. The summed E-state index contributed by atoms with van der Waals surface area (Å²) in [5.41, 5.74) is 0. The van der Waals surface area contributed by atoms with Crippen molar-refractivity contribution < 1.29 is 0 Å². The van der Waals surface area contributed by atoms with Gasteiger partial charge >= 0.3 is 0 Å². The lowest BCUT2D eigenvalue weighted by molar-refractivity contribution is 0.651. The van der Waals surface area contributed by atoms with Crippen LogP contribution < -0.4 is 0 Å². The van der Waals surface area contributed by atoms with Crippen LogP contribution in [0.2, 0.25) is 38.3 Å². The van der Waals surface area contributed by atoms with Crippen LogP contribution in [0.3, 0.4) is 0 Å². The van der Waals surface area contributed by atoms with E-state index in [9.17, 15) is 0 Å². The predicted molar refractivity (Wildman–Crippen MR) is 79.4 cm³/mol. The maximum atomic E-state index is 6.26. The lowest BCUT2D eigenvalue weighted by atomic mass is 10.2. The van der Waals surface area contributed by atoms with Crippen LogP contribution in [0.15, 0.2) is 0 Å². The van der Waals surface area contributed by atoms with Crippen molar-refractivity contribution >= 4 is 36.9 Å². The van der Waals surface area contributed by atoms with Gasteiger partial charge in [-0.1, -0.05) is 58.3 Å². The van der Waals surface area contributed by atoms with E-state index in [0.29, 0.717) is 0 Å². The van der Waals surface area contributed by atoms with Gasteiger partial charge in [-0.15, -0.1) is 0 Å². The first kappa shape index (κ1) is 16.0. The molecule has 0 spiro atoms. The average molecular weight is 285 g/mol. The first-order chi connectivity index (χ1) is 6.71. The molecule has 0 aliphatic rings. The van der Waals surface area contributed by atoms with E-state index in [4.69, 9.17) is 22.2 Å². The molecule has 0 saturated carbocycles. The Hall–Kier alpha value is 1.01. The summed E-state index contributed by atoms with van der Waals surface area (Å²) in [4.78, 5) is 0. The third-order valence-electron chi connectivity index (χ3n) is 2.54. The van der Waals surface area contributed by atoms with Gasteiger partial charge < -0.3 is 0 Å². The quantitative estimate of drug-likeness (QED) is 0.299. The van der Waals surface area contributed by atoms with Crippen molar-refractivity contribution in [2.24, 2.45) is 0 Å². The van der Waals surface area contributed by atoms with E-state index >= 15 is 0 Å². The van der Waals surface area contributed by atoms with Gasteiger partial charge in [0.15, 0.2) is 0 Å². The molecule has 0 N–H and O–H groups in total. The van der Waals surface area contributed by atoms with Crippen LogP contribution in [0.5, 0.6) is 0 Å². The number of halogens is 2. The Morgan fingerprint density at radius 2 is 0.867 bits per heavy atom. The summed E-state index contributed by atoms with van der Waals surface area (Å²) >= 11 is 12.5. The van der Waals surface area contributed by atoms with Gasteiger partial charge in [0, 0.05) is 0 Å². The summed E-state index contributed by atoms with van der Waals surface area (Å²) in [5.74, 6) is 0. The molecule has 0 aromatic heterocycles. The van der Waals surface area contributed by atoms with Crippen molar-refractivity contribution in [1.82, 2.24) is 0 Å². The molecule has 0 nitrogen and oxygen atoms in total. The number of hydrogen-bond donors (Lipinski definition) is 0. The van der Waals surface area contributed by atoms with Crippen LogP contribution in [0, 0.1) is 0 Å². The Morgan fingerprint density at radius 1 is 0.600 bits per heavy atom. The molecule has 0 aromatic rings. The highest BCUT2D eigenvalue weighted by molar-refractivity contribution is 7.19. The SMILES string of the molecule is C[Si](C)(Cl)CCCCCCC[Si](C)(C)Cl. The molecule has 4 heteroatoms. The molecule has 0 unspecified atom stereocenters. The zero-order chi connectivity index (χ0) is 11.9. The topological polar surface area (TPSA) is 0 Å². The summed E-state index contributed by atoms with van der Waals surface area (Å²) in [5, 5.41) is 0. The van der Waals surface area contributed by atoms with Gasteiger partial charge in [0.1, 0.15) is 14.8 Å². The zero-order valence-corrected chi connectivity index (χ0v) is 14.2. The lowest BCUT2D eigenvalue weighted by Crippen LogP contribution is -2.15. The van der Waals surface area contributed by atoms with Crippen molar-refractivity contribution in [3.8, 4) is 0 Å². The van der Waals surface area contributed by atoms with E-state index in [0.717, 1.165) is 0 Å². The first-order valence-corrected chi connectivity index (χ1v) is 14.5. The predicted octanol–water partition coefficient (Wildman–Crippen LogP) is 5.82. The molecule has 92 valence electrons. The Bertz CT molecular complexity index is 141. The smallest absolute Gasteiger partial charge is 0.150 e. The van der Waals surface area contributed by atoms with Crippen LogP contribution in [0.25, 0.3) is 0 Å². The van der Waals surface area contributed by atoms with Gasteiger partial charge in [-0.05, 0) is 12.1 Å². The summed E-state index contributed by atoms with van der Waals surface area (Å²) in [6.07, 6.45) is 6.72. The Kier molecular flexibility index (Phi) is 7.86. The first-order valence-electron chi connectivity index (χ1n) is 6.09. The molecule has 0 fully saturated rings. The van der Waals surface area contributed by atoms with Crippen molar-refractivity contribution in [2.45, 2.75) is 70.4 Å². The average Bonchev–Trinajstić information content (AvgIpc) is 1.98. The standard InChI is InChI=1S/C11H26Cl2Si2/c1-14(2,12)10-8-6-5-7-9-11-15(3,4)13/h5-11H2,1-4H3. The zero-order valence-electron chi connectivity index (χ0n) is 10.7. The fourth-order valence-electron chi connectivity index (χ4n) is 1.62. The molecule has 0 atom stereocenters. The Labute approximate surface area is 107 Å². The minimum absolute atomic E-state index is 1.27.